The van der Waals surface area contributed by atoms with Gasteiger partial charge in [-0.15, -0.1) is 0 Å². The van der Waals surface area contributed by atoms with Gasteiger partial charge in [0.15, 0.2) is 0 Å². The zero-order valence-electron chi connectivity index (χ0n) is 29.6. The number of allylic oxidation sites excluding steroid dienone is 2. The van der Waals surface area contributed by atoms with E-state index in [1.165, 1.54) is 141 Å². The van der Waals surface area contributed by atoms with E-state index in [-0.39, 0.29) is 12.5 Å². The van der Waals surface area contributed by atoms with Gasteiger partial charge in [-0.05, 0) is 38.5 Å². The molecule has 1 amide bonds. The summed E-state index contributed by atoms with van der Waals surface area (Å²) in [6.07, 6.45) is 38.9. The summed E-state index contributed by atoms with van der Waals surface area (Å²) in [4.78, 5) is 12.3. The second-order valence-electron chi connectivity index (χ2n) is 13.5. The van der Waals surface area contributed by atoms with E-state index in [4.69, 9.17) is 0 Å². The minimum Gasteiger partial charge on any atom is -0.394 e. The van der Waals surface area contributed by atoms with Crippen molar-refractivity contribution >= 4 is 5.91 Å². The molecule has 0 aromatic heterocycles. The van der Waals surface area contributed by atoms with Crippen LogP contribution in [0.15, 0.2) is 12.2 Å². The number of hydrogen-bond acceptors (Lipinski definition) is 4. The van der Waals surface area contributed by atoms with Crippen molar-refractivity contribution in [2.45, 2.75) is 225 Å². The Kier molecular flexibility index (Phi) is 34.2. The van der Waals surface area contributed by atoms with Crippen molar-refractivity contribution in [3.63, 3.8) is 0 Å². The Balaban J connectivity index is 3.64. The molecule has 0 saturated heterocycles. The van der Waals surface area contributed by atoms with E-state index in [1.54, 1.807) is 0 Å². The molecule has 0 fully saturated rings. The molecule has 262 valence electrons. The van der Waals surface area contributed by atoms with Crippen LogP contribution in [-0.4, -0.2) is 46.1 Å². The molecular formula is C39H77NO4. The Morgan fingerprint density at radius 2 is 0.909 bits per heavy atom. The Labute approximate surface area is 274 Å². The van der Waals surface area contributed by atoms with E-state index in [0.29, 0.717) is 12.8 Å². The number of carbonyl (C=O) groups excluding carboxylic acids is 1. The summed E-state index contributed by atoms with van der Waals surface area (Å²) < 4.78 is 0. The molecule has 0 aromatic rings. The smallest absolute Gasteiger partial charge is 0.220 e. The summed E-state index contributed by atoms with van der Waals surface area (Å²) in [5.74, 6) is -0.157. The lowest BCUT2D eigenvalue weighted by molar-refractivity contribution is -0.124. The van der Waals surface area contributed by atoms with Gasteiger partial charge in [-0.25, -0.2) is 0 Å². The van der Waals surface area contributed by atoms with Crippen LogP contribution in [0.5, 0.6) is 0 Å². The van der Waals surface area contributed by atoms with Crippen molar-refractivity contribution in [1.29, 1.82) is 0 Å². The summed E-state index contributed by atoms with van der Waals surface area (Å²) in [5, 5.41) is 33.3. The highest BCUT2D eigenvalue weighted by Crippen LogP contribution is 2.15. The normalized spacial score (nSPS) is 13.8. The first-order valence-corrected chi connectivity index (χ1v) is 19.5. The molecule has 0 aliphatic carbocycles. The number of aliphatic hydroxyl groups excluding tert-OH is 3. The Morgan fingerprint density at radius 3 is 1.32 bits per heavy atom. The summed E-state index contributed by atoms with van der Waals surface area (Å²) in [5.41, 5.74) is 0. The summed E-state index contributed by atoms with van der Waals surface area (Å²) >= 11 is 0. The molecule has 3 unspecified atom stereocenters. The summed E-state index contributed by atoms with van der Waals surface area (Å²) in [6, 6.07) is -0.818. The standard InChI is InChI=1S/C39H77NO4/c1-3-5-7-9-11-13-14-15-16-17-18-19-20-21-22-23-24-26-27-29-31-33-37(42)39(44)36(35-41)40-38(43)34-32-30-28-25-12-10-8-6-4-2/h26-27,36-37,39,41-42,44H,3-25,28-35H2,1-2H3,(H,40,43)/b27-26+. The van der Waals surface area contributed by atoms with Crippen molar-refractivity contribution in [3.05, 3.63) is 12.2 Å². The van der Waals surface area contributed by atoms with Gasteiger partial charge in [-0.3, -0.25) is 4.79 Å². The van der Waals surface area contributed by atoms with Gasteiger partial charge in [0.25, 0.3) is 0 Å². The number of amides is 1. The zero-order chi connectivity index (χ0) is 32.4. The second-order valence-corrected chi connectivity index (χ2v) is 13.5. The number of carbonyl (C=O) groups is 1. The third kappa shape index (κ3) is 29.8. The van der Waals surface area contributed by atoms with Crippen LogP contribution in [0.1, 0.15) is 206 Å². The predicted octanol–water partition coefficient (Wildman–Crippen LogP) is 10.5. The zero-order valence-corrected chi connectivity index (χ0v) is 29.6. The number of rotatable bonds is 35. The predicted molar refractivity (Wildman–Crippen MR) is 190 cm³/mol. The van der Waals surface area contributed by atoms with E-state index < -0.39 is 18.2 Å². The molecule has 0 rings (SSSR count). The second kappa shape index (κ2) is 35.0. The molecular weight excluding hydrogens is 546 g/mol. The molecule has 0 aliphatic rings. The average molecular weight is 624 g/mol. The summed E-state index contributed by atoms with van der Waals surface area (Å²) in [7, 11) is 0. The molecule has 0 bridgehead atoms. The van der Waals surface area contributed by atoms with Crippen LogP contribution < -0.4 is 5.32 Å². The maximum absolute atomic E-state index is 12.3. The lowest BCUT2D eigenvalue weighted by Crippen LogP contribution is -2.50. The van der Waals surface area contributed by atoms with E-state index in [1.807, 2.05) is 0 Å². The topological polar surface area (TPSA) is 89.8 Å². The van der Waals surface area contributed by atoms with E-state index in [9.17, 15) is 20.1 Å². The largest absolute Gasteiger partial charge is 0.394 e. The fraction of sp³-hybridized carbons (Fsp3) is 0.923. The number of hydrogen-bond donors (Lipinski definition) is 4. The molecule has 0 aromatic carbocycles. The molecule has 5 heteroatoms. The highest BCUT2D eigenvalue weighted by molar-refractivity contribution is 5.76. The molecule has 3 atom stereocenters. The first-order valence-electron chi connectivity index (χ1n) is 19.5. The Morgan fingerprint density at radius 1 is 0.545 bits per heavy atom. The first-order chi connectivity index (χ1) is 21.6. The van der Waals surface area contributed by atoms with Gasteiger partial charge in [-0.1, -0.05) is 174 Å². The lowest BCUT2D eigenvalue weighted by atomic mass is 10.0. The molecule has 0 heterocycles. The maximum Gasteiger partial charge on any atom is 0.220 e. The number of unbranched alkanes of at least 4 members (excludes halogenated alkanes) is 25. The van der Waals surface area contributed by atoms with E-state index in [2.05, 4.69) is 31.3 Å². The van der Waals surface area contributed by atoms with Crippen molar-refractivity contribution in [3.8, 4) is 0 Å². The van der Waals surface area contributed by atoms with E-state index >= 15 is 0 Å². The van der Waals surface area contributed by atoms with Gasteiger partial charge in [0.1, 0.15) is 6.10 Å². The minimum absolute atomic E-state index is 0.157. The van der Waals surface area contributed by atoms with Crippen molar-refractivity contribution in [2.24, 2.45) is 0 Å². The third-order valence-corrected chi connectivity index (χ3v) is 9.12. The van der Waals surface area contributed by atoms with Crippen LogP contribution in [0.25, 0.3) is 0 Å². The highest BCUT2D eigenvalue weighted by Gasteiger charge is 2.26. The van der Waals surface area contributed by atoms with Gasteiger partial charge in [0.2, 0.25) is 5.91 Å². The Bertz CT molecular complexity index is 611. The van der Waals surface area contributed by atoms with Crippen LogP contribution in [0, 0.1) is 0 Å². The van der Waals surface area contributed by atoms with Crippen LogP contribution in [0.4, 0.5) is 0 Å². The van der Waals surface area contributed by atoms with Gasteiger partial charge >= 0.3 is 0 Å². The molecule has 0 radical (unpaired) electrons. The van der Waals surface area contributed by atoms with Crippen LogP contribution >= 0.6 is 0 Å². The SMILES string of the molecule is CCCCCCCCCCCCCCCCCC/C=C/CCCC(O)C(O)C(CO)NC(=O)CCCCCCCCCCC. The first kappa shape index (κ1) is 43.1. The third-order valence-electron chi connectivity index (χ3n) is 9.12. The fourth-order valence-electron chi connectivity index (χ4n) is 6.04. The number of aliphatic hydroxyl groups is 3. The Hall–Kier alpha value is -0.910. The summed E-state index contributed by atoms with van der Waals surface area (Å²) in [6.45, 7) is 4.14. The lowest BCUT2D eigenvalue weighted by Gasteiger charge is -2.26. The molecule has 44 heavy (non-hydrogen) atoms. The monoisotopic (exact) mass is 624 g/mol. The molecule has 0 aliphatic heterocycles. The maximum atomic E-state index is 12.3. The van der Waals surface area contributed by atoms with E-state index in [0.717, 1.165) is 38.5 Å². The fourth-order valence-corrected chi connectivity index (χ4v) is 6.04. The van der Waals surface area contributed by atoms with Gasteiger partial charge < -0.3 is 20.6 Å². The molecule has 0 saturated carbocycles. The van der Waals surface area contributed by atoms with Crippen LogP contribution in [0.3, 0.4) is 0 Å². The van der Waals surface area contributed by atoms with Gasteiger partial charge in [0, 0.05) is 6.42 Å². The molecule has 5 nitrogen and oxygen atoms in total. The van der Waals surface area contributed by atoms with Crippen molar-refractivity contribution < 1.29 is 20.1 Å². The molecule has 0 spiro atoms. The van der Waals surface area contributed by atoms with Crippen molar-refractivity contribution in [2.75, 3.05) is 6.61 Å². The van der Waals surface area contributed by atoms with Gasteiger partial charge in [0.05, 0.1) is 18.8 Å². The number of nitrogens with one attached hydrogen (secondary N) is 1. The van der Waals surface area contributed by atoms with Crippen LogP contribution in [-0.2, 0) is 4.79 Å². The highest BCUT2D eigenvalue weighted by atomic mass is 16.3. The van der Waals surface area contributed by atoms with Crippen LogP contribution in [0.2, 0.25) is 0 Å². The average Bonchev–Trinajstić information content (AvgIpc) is 3.03. The minimum atomic E-state index is -1.15. The molecule has 4 N–H and O–H groups in total. The van der Waals surface area contributed by atoms with Gasteiger partial charge in [-0.2, -0.15) is 0 Å². The van der Waals surface area contributed by atoms with Crippen molar-refractivity contribution in [1.82, 2.24) is 5.32 Å². The quantitative estimate of drug-likeness (QED) is 0.0418.